The molecule has 0 aliphatic carbocycles. The number of hydrogen-bond donors (Lipinski definition) is 0. The predicted molar refractivity (Wildman–Crippen MR) is 78.8 cm³/mol. The Kier molecular flexibility index (Phi) is 4.54. The van der Waals surface area contributed by atoms with E-state index < -0.39 is 0 Å². The van der Waals surface area contributed by atoms with Crippen LogP contribution in [0.25, 0.3) is 0 Å². The largest absolute Gasteiger partial charge is 0.494 e. The minimum atomic E-state index is -0.331. The molecular weight excluding hydrogens is 255 g/mol. The molecule has 1 aromatic carbocycles. The summed E-state index contributed by atoms with van der Waals surface area (Å²) in [5.74, 6) is 0. The number of rotatable bonds is 5. The Labute approximate surface area is 121 Å². The highest BCUT2D eigenvalue weighted by Crippen LogP contribution is 2.36. The van der Waals surface area contributed by atoms with Gasteiger partial charge in [0.1, 0.15) is 6.79 Å². The highest BCUT2D eigenvalue weighted by atomic mass is 16.7. The van der Waals surface area contributed by atoms with Gasteiger partial charge in [-0.25, -0.2) is 0 Å². The van der Waals surface area contributed by atoms with E-state index in [0.717, 1.165) is 11.0 Å². The normalized spacial score (nSPS) is 20.4. The summed E-state index contributed by atoms with van der Waals surface area (Å²) >= 11 is 0. The third-order valence-corrected chi connectivity index (χ3v) is 3.95. The molecule has 0 unspecified atom stereocenters. The first kappa shape index (κ1) is 15.5. The maximum atomic E-state index is 6.04. The molecule has 1 heterocycles. The molecular formula is C15H23BO4. The zero-order chi connectivity index (χ0) is 14.8. The van der Waals surface area contributed by atoms with Gasteiger partial charge in [-0.3, -0.25) is 0 Å². The molecule has 5 heteroatoms. The van der Waals surface area contributed by atoms with Crippen LogP contribution in [0.15, 0.2) is 24.3 Å². The van der Waals surface area contributed by atoms with E-state index in [0.29, 0.717) is 13.4 Å². The highest BCUT2D eigenvalue weighted by Gasteiger charge is 2.51. The number of ether oxygens (including phenoxy) is 2. The van der Waals surface area contributed by atoms with E-state index in [1.165, 1.54) is 0 Å². The summed E-state index contributed by atoms with van der Waals surface area (Å²) in [6.45, 7) is 9.02. The van der Waals surface area contributed by atoms with Crippen LogP contribution in [0, 0.1) is 0 Å². The average molecular weight is 278 g/mol. The monoisotopic (exact) mass is 278 g/mol. The van der Waals surface area contributed by atoms with Gasteiger partial charge in [0.05, 0.1) is 17.8 Å². The van der Waals surface area contributed by atoms with Crippen molar-refractivity contribution in [1.29, 1.82) is 0 Å². The lowest BCUT2D eigenvalue weighted by Crippen LogP contribution is -2.41. The van der Waals surface area contributed by atoms with Crippen molar-refractivity contribution >= 4 is 12.6 Å². The molecule has 0 radical (unpaired) electrons. The van der Waals surface area contributed by atoms with Crippen LogP contribution in [0.4, 0.5) is 0 Å². The number of benzene rings is 1. The molecule has 0 spiro atoms. The summed E-state index contributed by atoms with van der Waals surface area (Å²) in [5.41, 5.74) is 1.46. The van der Waals surface area contributed by atoms with Gasteiger partial charge in [-0.2, -0.15) is 0 Å². The fourth-order valence-electron chi connectivity index (χ4n) is 2.05. The molecule has 1 aliphatic heterocycles. The molecule has 0 amide bonds. The van der Waals surface area contributed by atoms with Gasteiger partial charge in [-0.05, 0) is 38.7 Å². The Balaban J connectivity index is 2.09. The van der Waals surface area contributed by atoms with Gasteiger partial charge in [0, 0.05) is 7.11 Å². The smallest absolute Gasteiger partial charge is 0.399 e. The molecule has 1 aliphatic rings. The Morgan fingerprint density at radius 2 is 1.75 bits per heavy atom. The zero-order valence-corrected chi connectivity index (χ0v) is 12.9. The van der Waals surface area contributed by atoms with E-state index >= 15 is 0 Å². The molecule has 2 rings (SSSR count). The maximum Gasteiger partial charge on any atom is 0.494 e. The van der Waals surface area contributed by atoms with E-state index in [2.05, 4.69) is 33.8 Å². The lowest BCUT2D eigenvalue weighted by Gasteiger charge is -2.32. The summed E-state index contributed by atoms with van der Waals surface area (Å²) in [5, 5.41) is 0. The zero-order valence-electron chi connectivity index (χ0n) is 12.9. The molecule has 1 fully saturated rings. The fraction of sp³-hybridized carbons (Fsp3) is 0.600. The first-order valence-electron chi connectivity index (χ1n) is 6.87. The quantitative estimate of drug-likeness (QED) is 0.469. The van der Waals surface area contributed by atoms with Crippen molar-refractivity contribution in [2.24, 2.45) is 0 Å². The number of methoxy groups -OCH3 is 1. The molecule has 20 heavy (non-hydrogen) atoms. The maximum absolute atomic E-state index is 6.04. The minimum absolute atomic E-state index is 0.292. The second kappa shape index (κ2) is 5.86. The molecule has 110 valence electrons. The van der Waals surface area contributed by atoms with Crippen molar-refractivity contribution in [2.75, 3.05) is 13.9 Å². The third kappa shape index (κ3) is 3.23. The van der Waals surface area contributed by atoms with Crippen molar-refractivity contribution in [3.63, 3.8) is 0 Å². The van der Waals surface area contributed by atoms with Gasteiger partial charge in [0.25, 0.3) is 0 Å². The van der Waals surface area contributed by atoms with E-state index in [-0.39, 0.29) is 18.3 Å². The Hall–Kier alpha value is -0.875. The molecule has 4 nitrogen and oxygen atoms in total. The van der Waals surface area contributed by atoms with Crippen LogP contribution in [-0.2, 0) is 25.4 Å². The summed E-state index contributed by atoms with van der Waals surface area (Å²) in [6, 6.07) is 8.08. The second-order valence-corrected chi connectivity index (χ2v) is 6.09. The summed E-state index contributed by atoms with van der Waals surface area (Å²) < 4.78 is 22.3. The highest BCUT2D eigenvalue weighted by molar-refractivity contribution is 6.62. The summed E-state index contributed by atoms with van der Waals surface area (Å²) in [7, 11) is 1.28. The summed E-state index contributed by atoms with van der Waals surface area (Å²) in [6.07, 6.45) is 0. The van der Waals surface area contributed by atoms with Crippen molar-refractivity contribution in [2.45, 2.75) is 45.5 Å². The van der Waals surface area contributed by atoms with Crippen LogP contribution in [0.1, 0.15) is 33.3 Å². The predicted octanol–water partition coefficient (Wildman–Crippen LogP) is 2.11. The number of hydrogen-bond acceptors (Lipinski definition) is 4. The third-order valence-electron chi connectivity index (χ3n) is 3.95. The molecule has 0 saturated carbocycles. The van der Waals surface area contributed by atoms with Gasteiger partial charge >= 0.3 is 7.12 Å². The van der Waals surface area contributed by atoms with Crippen molar-refractivity contribution in [1.82, 2.24) is 0 Å². The molecule has 0 bridgehead atoms. The van der Waals surface area contributed by atoms with Crippen LogP contribution < -0.4 is 5.46 Å². The Bertz CT molecular complexity index is 443. The van der Waals surface area contributed by atoms with Crippen LogP contribution in [0.3, 0.4) is 0 Å². The van der Waals surface area contributed by atoms with Crippen LogP contribution in [0.5, 0.6) is 0 Å². The second-order valence-electron chi connectivity index (χ2n) is 6.09. The summed E-state index contributed by atoms with van der Waals surface area (Å²) in [4.78, 5) is 0. The Morgan fingerprint density at radius 3 is 2.35 bits per heavy atom. The van der Waals surface area contributed by atoms with E-state index in [4.69, 9.17) is 18.8 Å². The van der Waals surface area contributed by atoms with Gasteiger partial charge in [0.2, 0.25) is 0 Å². The lowest BCUT2D eigenvalue weighted by atomic mass is 9.78. The molecule has 1 aromatic rings. The van der Waals surface area contributed by atoms with Gasteiger partial charge in [0.15, 0.2) is 0 Å². The van der Waals surface area contributed by atoms with Gasteiger partial charge in [-0.15, -0.1) is 0 Å². The van der Waals surface area contributed by atoms with Crippen molar-refractivity contribution < 1.29 is 18.8 Å². The lowest BCUT2D eigenvalue weighted by molar-refractivity contribution is -0.0390. The fourth-order valence-corrected chi connectivity index (χ4v) is 2.05. The first-order valence-corrected chi connectivity index (χ1v) is 6.87. The van der Waals surface area contributed by atoms with Gasteiger partial charge < -0.3 is 18.8 Å². The first-order chi connectivity index (χ1) is 9.36. The standard InChI is InChI=1S/C15H23BO4/c1-14(2)15(3,4)20-16(19-14)13-8-6-7-12(9-13)10-18-11-17-5/h6-9H,10-11H2,1-5H3. The topological polar surface area (TPSA) is 36.9 Å². The van der Waals surface area contributed by atoms with Crippen LogP contribution in [0.2, 0.25) is 0 Å². The van der Waals surface area contributed by atoms with Crippen LogP contribution >= 0.6 is 0 Å². The average Bonchev–Trinajstić information content (AvgIpc) is 2.59. The molecule has 0 aromatic heterocycles. The van der Waals surface area contributed by atoms with E-state index in [1.807, 2.05) is 18.2 Å². The van der Waals surface area contributed by atoms with E-state index in [1.54, 1.807) is 7.11 Å². The van der Waals surface area contributed by atoms with Gasteiger partial charge in [-0.1, -0.05) is 24.3 Å². The SMILES string of the molecule is COCOCc1cccc(B2OC(C)(C)C(C)(C)O2)c1. The molecule has 0 N–H and O–H groups in total. The molecule has 1 saturated heterocycles. The van der Waals surface area contributed by atoms with Crippen LogP contribution in [-0.4, -0.2) is 32.2 Å². The molecule has 0 atom stereocenters. The van der Waals surface area contributed by atoms with Crippen molar-refractivity contribution in [3.05, 3.63) is 29.8 Å². The van der Waals surface area contributed by atoms with Crippen molar-refractivity contribution in [3.8, 4) is 0 Å². The van der Waals surface area contributed by atoms with E-state index in [9.17, 15) is 0 Å². The Morgan fingerprint density at radius 1 is 1.10 bits per heavy atom. The minimum Gasteiger partial charge on any atom is -0.399 e.